The lowest BCUT2D eigenvalue weighted by Crippen LogP contribution is -2.63. The Morgan fingerprint density at radius 3 is 2.14 bits per heavy atom. The van der Waals surface area contributed by atoms with Crippen LogP contribution in [0.1, 0.15) is 147 Å². The lowest BCUT2D eigenvalue weighted by Gasteiger charge is -2.59. The minimum absolute atomic E-state index is 0.0109. The van der Waals surface area contributed by atoms with Crippen molar-refractivity contribution in [2.24, 2.45) is 40.2 Å². The molecule has 11 atom stereocenters. The smallest absolute Gasteiger partial charge is 0.312 e. The topological polar surface area (TPSA) is 354 Å². The molecule has 6 aliphatic rings. The molecule has 8 N–H and O–H groups in total. The molecule has 2 aliphatic heterocycles. The number of hydrogen-bond donors (Lipinski definition) is 7. The highest BCUT2D eigenvalue weighted by molar-refractivity contribution is 6.02. The van der Waals surface area contributed by atoms with Crippen LogP contribution >= 0.6 is 0 Å². The average Bonchev–Trinajstić information content (AvgIpc) is 1.49. The molecule has 26 nitrogen and oxygen atoms in total. The van der Waals surface area contributed by atoms with Crippen molar-refractivity contribution in [3.8, 4) is 0 Å². The predicted molar refractivity (Wildman–Crippen MR) is 384 cm³/mol. The number of aliphatic hydroxyl groups excluding tert-OH is 1. The summed E-state index contributed by atoms with van der Waals surface area (Å²) in [6, 6.07) is 19.3. The molecule has 0 radical (unpaired) electrons. The molecular formula is C78H103N7O19. The number of urea groups is 1. The van der Waals surface area contributed by atoms with Crippen LogP contribution in [0.5, 0.6) is 0 Å². The number of ether oxygens (including phenoxy) is 8. The second-order valence-electron chi connectivity index (χ2n) is 28.4. The van der Waals surface area contributed by atoms with E-state index in [1.807, 2.05) is 62.4 Å². The molecule has 0 spiro atoms. The van der Waals surface area contributed by atoms with Crippen LogP contribution in [-0.2, 0) is 94.2 Å². The maximum atomic E-state index is 14.6. The minimum Gasteiger partial charge on any atom is -0.461 e. The Labute approximate surface area is 608 Å². The number of benzene rings is 3. The second-order valence-corrected chi connectivity index (χ2v) is 28.4. The Kier molecular flexibility index (Phi) is 28.7. The van der Waals surface area contributed by atoms with E-state index in [1.165, 1.54) is 0 Å². The average molecular weight is 1440 g/mol. The third-order valence-corrected chi connectivity index (χ3v) is 21.0. The summed E-state index contributed by atoms with van der Waals surface area (Å²) >= 11 is 0. The summed E-state index contributed by atoms with van der Waals surface area (Å²) in [6.07, 6.45) is 8.41. The van der Waals surface area contributed by atoms with Crippen LogP contribution in [0, 0.1) is 34.5 Å². The molecule has 104 heavy (non-hydrogen) atoms. The fraction of sp³-hybridized carbons (Fsp3) is 0.564. The number of ketones is 2. The first-order valence-electron chi connectivity index (χ1n) is 36.5. The summed E-state index contributed by atoms with van der Waals surface area (Å²) in [4.78, 5) is 133. The molecule has 3 aromatic carbocycles. The van der Waals surface area contributed by atoms with Crippen molar-refractivity contribution in [2.45, 2.75) is 174 Å². The number of allylic oxidation sites excluding steroid dienone is 5. The van der Waals surface area contributed by atoms with Crippen molar-refractivity contribution in [1.82, 2.24) is 21.3 Å². The number of hydrogen-bond acceptors (Lipinski definition) is 19. The van der Waals surface area contributed by atoms with Crippen LogP contribution in [0.4, 0.5) is 16.2 Å². The van der Waals surface area contributed by atoms with Crippen LogP contribution in [0.25, 0.3) is 11.6 Å². The number of carbonyl (C=O) groups excluding carboxylic acids is 10. The molecule has 3 saturated carbocycles. The number of carbonyl (C=O) groups is 10. The molecule has 564 valence electrons. The quantitative estimate of drug-likeness (QED) is 0.0219. The number of nitrogens with one attached hydrogen (secondary N) is 5. The molecule has 1 saturated heterocycles. The van der Waals surface area contributed by atoms with E-state index in [-0.39, 0.29) is 145 Å². The summed E-state index contributed by atoms with van der Waals surface area (Å²) in [7, 11) is 0. The summed E-state index contributed by atoms with van der Waals surface area (Å²) in [6.45, 7) is 13.6. The van der Waals surface area contributed by atoms with E-state index in [0.717, 1.165) is 46.4 Å². The van der Waals surface area contributed by atoms with Gasteiger partial charge in [0.05, 0.1) is 90.1 Å². The summed E-state index contributed by atoms with van der Waals surface area (Å²) in [5, 5.41) is 25.6. The maximum Gasteiger partial charge on any atom is 0.312 e. The van der Waals surface area contributed by atoms with Crippen molar-refractivity contribution < 1.29 is 90.9 Å². The summed E-state index contributed by atoms with van der Waals surface area (Å²) in [5.41, 5.74) is 9.32. The monoisotopic (exact) mass is 1440 g/mol. The molecule has 1 unspecified atom stereocenters. The van der Waals surface area contributed by atoms with Crippen LogP contribution in [0.15, 0.2) is 96.6 Å². The van der Waals surface area contributed by atoms with Gasteiger partial charge >= 0.3 is 18.0 Å². The Balaban J connectivity index is 0.624. The van der Waals surface area contributed by atoms with E-state index in [9.17, 15) is 53.1 Å². The minimum atomic E-state index is -1.48. The van der Waals surface area contributed by atoms with Gasteiger partial charge in [0.2, 0.25) is 35.3 Å². The first kappa shape index (κ1) is 79.6. The largest absolute Gasteiger partial charge is 0.461 e. The van der Waals surface area contributed by atoms with Gasteiger partial charge in [-0.3, -0.25) is 43.2 Å². The SMILES string of the molecule is CCCC1O[C@@H]2C[C@H]3[C@@H]4CCC5=CC(=O)C=C[C@]5(C)[C@H]4[C@@H](O)C[C@]3(C)[C@]2(C(=O)COC(=O)CCC(=O)OCc2ccc(NC(=O)[C@H](CCCNC(N)=O)NC(=O)[C@@H](NC(=O)CCOCCOCCOCCOCCNC(=O)CCC(=O)N3Cc4ccccc4/C(C)=C\c4ccccc43)C(C)C)cc2)O1. The van der Waals surface area contributed by atoms with E-state index >= 15 is 0 Å². The molecule has 0 bridgehead atoms. The van der Waals surface area contributed by atoms with Crippen LogP contribution in [-0.4, -0.2) is 173 Å². The Morgan fingerprint density at radius 2 is 1.43 bits per heavy atom. The van der Waals surface area contributed by atoms with Crippen molar-refractivity contribution >= 4 is 82.1 Å². The number of fused-ring (bicyclic) bond motifs is 9. The van der Waals surface area contributed by atoms with Crippen molar-refractivity contribution in [1.29, 1.82) is 0 Å². The number of esters is 2. The van der Waals surface area contributed by atoms with Crippen LogP contribution in [0.2, 0.25) is 0 Å². The third kappa shape index (κ3) is 20.1. The zero-order chi connectivity index (χ0) is 74.6. The number of amides is 7. The normalized spacial score (nSPS) is 24.5. The van der Waals surface area contributed by atoms with Crippen LogP contribution < -0.4 is 37.2 Å². The number of anilines is 2. The molecular weight excluding hydrogens is 1340 g/mol. The standard InChI is InChI=1S/C78H103N7O19/c1-7-13-70-103-64-44-59-58-24-21-54-43-56(86)29-31-76(54,5)71(58)62(87)45-77(59,6)78(64,104-70)63(88)48-102-69(93)28-27-68(92)101-47-51-19-22-55(23-20-51)82-73(94)60(17-12-32-81-75(79)96)83-74(95)72(49(2)3)84-66(90)30-34-97-36-38-99-40-41-100-39-37-98-35-33-80-65(89)25-26-67(91)85-46-53-15-8-10-16-57(53)50(4)42-52-14-9-11-18-61(52)85/h8-11,14-16,18-20,22-23,29,31,42-43,49,58-60,62,64,70-72,87H,7,12-13,17,21,24-28,30,32-41,44-48H2,1-6H3,(H,80,89)(H,82,94)(H,83,95)(H,84,90)(H3,79,81,96)/b50-42-/t58-,59-,60-,62-,64+,70?,71+,72-,76-,77-,78+/m0/s1. The molecule has 4 fully saturated rings. The van der Waals surface area contributed by atoms with E-state index in [1.54, 1.807) is 55.2 Å². The van der Waals surface area contributed by atoms with Crippen molar-refractivity contribution in [3.05, 3.63) is 119 Å². The van der Waals surface area contributed by atoms with E-state index in [2.05, 4.69) is 52.6 Å². The van der Waals surface area contributed by atoms with Gasteiger partial charge in [0, 0.05) is 54.8 Å². The molecule has 9 rings (SSSR count). The van der Waals surface area contributed by atoms with E-state index < -0.39 is 95.1 Å². The van der Waals surface area contributed by atoms with Crippen LogP contribution in [0.3, 0.4) is 0 Å². The lowest BCUT2D eigenvalue weighted by molar-refractivity contribution is -0.201. The number of nitrogens with two attached hydrogens (primary N) is 1. The van der Waals surface area contributed by atoms with Gasteiger partial charge in [-0.25, -0.2) is 4.79 Å². The number of nitrogens with zero attached hydrogens (tertiary/aromatic N) is 1. The highest BCUT2D eigenvalue weighted by Gasteiger charge is 2.76. The zero-order valence-corrected chi connectivity index (χ0v) is 60.6. The highest BCUT2D eigenvalue weighted by Crippen LogP contribution is 2.70. The number of primary amides is 1. The second kappa shape index (κ2) is 37.5. The molecule has 26 heteroatoms. The highest BCUT2D eigenvalue weighted by atomic mass is 16.7. The molecule has 4 aliphatic carbocycles. The maximum absolute atomic E-state index is 14.6. The summed E-state index contributed by atoms with van der Waals surface area (Å²) < 4.78 is 46.5. The van der Waals surface area contributed by atoms with Gasteiger partial charge in [0.1, 0.15) is 18.7 Å². The Morgan fingerprint density at radius 1 is 0.750 bits per heavy atom. The Hall–Kier alpha value is -8.50. The van der Waals surface area contributed by atoms with Gasteiger partial charge in [0.25, 0.3) is 0 Å². The van der Waals surface area contributed by atoms with Gasteiger partial charge in [-0.1, -0.05) is 107 Å². The van der Waals surface area contributed by atoms with Crippen molar-refractivity contribution in [2.75, 3.05) is 82.8 Å². The zero-order valence-electron chi connectivity index (χ0n) is 60.6. The molecule has 3 aromatic rings. The van der Waals surface area contributed by atoms with Gasteiger partial charge in [-0.2, -0.15) is 0 Å². The van der Waals surface area contributed by atoms with Crippen molar-refractivity contribution in [3.63, 3.8) is 0 Å². The van der Waals surface area contributed by atoms with E-state index in [4.69, 9.17) is 43.6 Å². The molecule has 0 aromatic heterocycles. The number of Topliss-reactive ketones (excluding diaryl/α,β-unsaturated/α-hetero) is 1. The predicted octanol–water partition coefficient (Wildman–Crippen LogP) is 7.26. The fourth-order valence-electron chi connectivity index (χ4n) is 15.8. The molecule has 2 heterocycles. The van der Waals surface area contributed by atoms with Gasteiger partial charge in [-0.15, -0.1) is 0 Å². The first-order valence-corrected chi connectivity index (χ1v) is 36.5. The number of aliphatic hydroxyl groups is 1. The summed E-state index contributed by atoms with van der Waals surface area (Å²) in [5.74, 6) is -4.63. The number of rotatable bonds is 38. The third-order valence-electron chi connectivity index (χ3n) is 21.0. The lowest BCUT2D eigenvalue weighted by atomic mass is 9.46. The van der Waals surface area contributed by atoms with Gasteiger partial charge in [0.15, 0.2) is 24.3 Å². The van der Waals surface area contributed by atoms with Gasteiger partial charge in [-0.05, 0) is 134 Å². The fourth-order valence-corrected chi connectivity index (χ4v) is 15.8. The Bertz CT molecular complexity index is 3650. The molecule has 7 amide bonds. The van der Waals surface area contributed by atoms with Gasteiger partial charge < -0.3 is 80.2 Å². The number of para-hydroxylation sites is 1. The first-order chi connectivity index (χ1) is 49.9. The van der Waals surface area contributed by atoms with E-state index in [0.29, 0.717) is 56.9 Å².